The fourth-order valence-electron chi connectivity index (χ4n) is 3.00. The van der Waals surface area contributed by atoms with Crippen LogP contribution in [0.1, 0.15) is 49.4 Å². The molecule has 1 aliphatic rings. The van der Waals surface area contributed by atoms with Crippen LogP contribution in [0.4, 0.5) is 0 Å². The molecule has 110 valence electrons. The molecule has 0 N–H and O–H groups in total. The second-order valence-electron chi connectivity index (χ2n) is 5.55. The van der Waals surface area contributed by atoms with Gasteiger partial charge in [-0.1, -0.05) is 19.4 Å². The number of aryl methyl sites for hydroxylation is 1. The molecule has 1 aliphatic heterocycles. The third kappa shape index (κ3) is 3.45. The summed E-state index contributed by atoms with van der Waals surface area (Å²) in [6.45, 7) is 4.10. The summed E-state index contributed by atoms with van der Waals surface area (Å²) in [4.78, 5) is 16.0. The minimum Gasteiger partial charge on any atom is -0.289 e. The largest absolute Gasteiger partial charge is 0.289 e. The van der Waals surface area contributed by atoms with Gasteiger partial charge in [0.05, 0.1) is 17.4 Å². The maximum absolute atomic E-state index is 4.64. The van der Waals surface area contributed by atoms with Gasteiger partial charge in [-0.3, -0.25) is 9.88 Å². The molecular formula is C17H22N4. The first kappa shape index (κ1) is 14.1. The van der Waals surface area contributed by atoms with Crippen LogP contribution in [-0.4, -0.2) is 26.4 Å². The minimum atomic E-state index is 0.417. The lowest BCUT2D eigenvalue weighted by atomic mass is 9.98. The molecule has 0 amide bonds. The zero-order chi connectivity index (χ0) is 14.5. The Hall–Kier alpha value is -1.81. The Bertz CT molecular complexity index is 570. The van der Waals surface area contributed by atoms with E-state index in [4.69, 9.17) is 0 Å². The van der Waals surface area contributed by atoms with Crippen LogP contribution in [0.15, 0.2) is 36.7 Å². The molecule has 0 bridgehead atoms. The van der Waals surface area contributed by atoms with Crippen LogP contribution in [0.3, 0.4) is 0 Å². The van der Waals surface area contributed by atoms with Crippen LogP contribution < -0.4 is 0 Å². The predicted octanol–water partition coefficient (Wildman–Crippen LogP) is 3.16. The summed E-state index contributed by atoms with van der Waals surface area (Å²) in [6.07, 6.45) is 8.37. The fourth-order valence-corrected chi connectivity index (χ4v) is 3.00. The van der Waals surface area contributed by atoms with E-state index in [0.717, 1.165) is 31.0 Å². The molecule has 0 radical (unpaired) electrons. The summed E-state index contributed by atoms with van der Waals surface area (Å²) in [5.41, 5.74) is 2.30. The number of hydrogen-bond acceptors (Lipinski definition) is 4. The summed E-state index contributed by atoms with van der Waals surface area (Å²) < 4.78 is 0. The number of pyridine rings is 1. The van der Waals surface area contributed by atoms with Gasteiger partial charge < -0.3 is 0 Å². The van der Waals surface area contributed by atoms with Crippen molar-refractivity contribution in [1.82, 2.24) is 19.9 Å². The standard InChI is InChI=1S/C17H22N4/c1-2-17-19-11-9-14(20-17)13-21-12-6-4-8-16(21)15-7-3-5-10-18-15/h3,5,7,9-11,16H,2,4,6,8,12-13H2,1H3/t16-/m0/s1. The fraction of sp³-hybridized carbons (Fsp3) is 0.471. The molecule has 0 aliphatic carbocycles. The van der Waals surface area contributed by atoms with Gasteiger partial charge in [0.25, 0.3) is 0 Å². The van der Waals surface area contributed by atoms with Crippen LogP contribution in [0.25, 0.3) is 0 Å². The van der Waals surface area contributed by atoms with Crippen molar-refractivity contribution in [2.75, 3.05) is 6.54 Å². The number of piperidine rings is 1. The average molecular weight is 282 g/mol. The van der Waals surface area contributed by atoms with Gasteiger partial charge in [0, 0.05) is 25.4 Å². The summed E-state index contributed by atoms with van der Waals surface area (Å²) in [7, 11) is 0. The van der Waals surface area contributed by atoms with Gasteiger partial charge in [-0.05, 0) is 37.6 Å². The lowest BCUT2D eigenvalue weighted by molar-refractivity contribution is 0.135. The Kier molecular flexibility index (Phi) is 4.55. The maximum Gasteiger partial charge on any atom is 0.128 e. The topological polar surface area (TPSA) is 41.9 Å². The van der Waals surface area contributed by atoms with E-state index in [0.29, 0.717) is 6.04 Å². The van der Waals surface area contributed by atoms with Gasteiger partial charge in [-0.2, -0.15) is 0 Å². The minimum absolute atomic E-state index is 0.417. The van der Waals surface area contributed by atoms with Gasteiger partial charge >= 0.3 is 0 Å². The zero-order valence-electron chi connectivity index (χ0n) is 12.6. The third-order valence-corrected chi connectivity index (χ3v) is 4.09. The van der Waals surface area contributed by atoms with E-state index in [9.17, 15) is 0 Å². The number of aromatic nitrogens is 3. The lowest BCUT2D eigenvalue weighted by Gasteiger charge is -2.35. The van der Waals surface area contributed by atoms with Gasteiger partial charge in [0.2, 0.25) is 0 Å². The van der Waals surface area contributed by atoms with Crippen molar-refractivity contribution in [3.05, 3.63) is 53.9 Å². The molecule has 0 spiro atoms. The molecule has 2 aromatic rings. The first-order valence-electron chi connectivity index (χ1n) is 7.82. The van der Waals surface area contributed by atoms with E-state index >= 15 is 0 Å². The van der Waals surface area contributed by atoms with E-state index in [1.54, 1.807) is 0 Å². The highest BCUT2D eigenvalue weighted by molar-refractivity contribution is 5.11. The Morgan fingerprint density at radius 2 is 2.10 bits per heavy atom. The number of rotatable bonds is 4. The number of nitrogens with zero attached hydrogens (tertiary/aromatic N) is 4. The summed E-state index contributed by atoms with van der Waals surface area (Å²) in [6, 6.07) is 8.65. The molecule has 2 aromatic heterocycles. The SMILES string of the molecule is CCc1nccc(CN2CCCC[C@H]2c2ccccn2)n1. The number of likely N-dealkylation sites (tertiary alicyclic amines) is 1. The first-order valence-corrected chi connectivity index (χ1v) is 7.82. The Labute approximate surface area is 126 Å². The smallest absolute Gasteiger partial charge is 0.128 e. The molecule has 3 heterocycles. The highest BCUT2D eigenvalue weighted by atomic mass is 15.2. The van der Waals surface area contributed by atoms with Crippen molar-refractivity contribution in [3.63, 3.8) is 0 Å². The van der Waals surface area contributed by atoms with Crippen molar-refractivity contribution in [2.45, 2.75) is 45.2 Å². The highest BCUT2D eigenvalue weighted by Crippen LogP contribution is 2.30. The van der Waals surface area contributed by atoms with E-state index in [1.807, 2.05) is 24.5 Å². The van der Waals surface area contributed by atoms with Crippen molar-refractivity contribution in [1.29, 1.82) is 0 Å². The van der Waals surface area contributed by atoms with Crippen molar-refractivity contribution in [3.8, 4) is 0 Å². The maximum atomic E-state index is 4.64. The lowest BCUT2D eigenvalue weighted by Crippen LogP contribution is -2.33. The quantitative estimate of drug-likeness (QED) is 0.864. The van der Waals surface area contributed by atoms with Gasteiger partial charge in [-0.15, -0.1) is 0 Å². The van der Waals surface area contributed by atoms with E-state index < -0.39 is 0 Å². The van der Waals surface area contributed by atoms with E-state index in [1.165, 1.54) is 25.0 Å². The van der Waals surface area contributed by atoms with E-state index in [2.05, 4.69) is 38.9 Å². The molecule has 4 heteroatoms. The normalized spacial score (nSPS) is 19.6. The van der Waals surface area contributed by atoms with Gasteiger partial charge in [0.1, 0.15) is 5.82 Å². The second kappa shape index (κ2) is 6.76. The molecule has 0 saturated carbocycles. The van der Waals surface area contributed by atoms with Crippen LogP contribution in [0, 0.1) is 0 Å². The second-order valence-corrected chi connectivity index (χ2v) is 5.55. The van der Waals surface area contributed by atoms with Crippen LogP contribution in [0.2, 0.25) is 0 Å². The van der Waals surface area contributed by atoms with Crippen molar-refractivity contribution >= 4 is 0 Å². The van der Waals surface area contributed by atoms with Gasteiger partial charge in [0.15, 0.2) is 0 Å². The molecular weight excluding hydrogens is 260 g/mol. The molecule has 1 saturated heterocycles. The molecule has 21 heavy (non-hydrogen) atoms. The van der Waals surface area contributed by atoms with Gasteiger partial charge in [-0.25, -0.2) is 9.97 Å². The Balaban J connectivity index is 1.78. The molecule has 3 rings (SSSR count). The molecule has 0 unspecified atom stereocenters. The highest BCUT2D eigenvalue weighted by Gasteiger charge is 2.25. The average Bonchev–Trinajstić information content (AvgIpc) is 2.56. The Morgan fingerprint density at radius 3 is 2.90 bits per heavy atom. The predicted molar refractivity (Wildman–Crippen MR) is 82.6 cm³/mol. The third-order valence-electron chi connectivity index (χ3n) is 4.09. The van der Waals surface area contributed by atoms with Crippen LogP contribution in [-0.2, 0) is 13.0 Å². The summed E-state index contributed by atoms with van der Waals surface area (Å²) >= 11 is 0. The van der Waals surface area contributed by atoms with Crippen LogP contribution in [0.5, 0.6) is 0 Å². The molecule has 4 nitrogen and oxygen atoms in total. The molecule has 1 atom stereocenters. The first-order chi connectivity index (χ1) is 10.4. The number of hydrogen-bond donors (Lipinski definition) is 0. The monoisotopic (exact) mass is 282 g/mol. The van der Waals surface area contributed by atoms with E-state index in [-0.39, 0.29) is 0 Å². The van der Waals surface area contributed by atoms with Crippen molar-refractivity contribution < 1.29 is 0 Å². The summed E-state index contributed by atoms with van der Waals surface area (Å²) in [5.74, 6) is 0.930. The molecule has 1 fully saturated rings. The molecule has 0 aromatic carbocycles. The van der Waals surface area contributed by atoms with Crippen molar-refractivity contribution in [2.24, 2.45) is 0 Å². The summed E-state index contributed by atoms with van der Waals surface area (Å²) in [5, 5.41) is 0. The Morgan fingerprint density at radius 1 is 1.14 bits per heavy atom. The van der Waals surface area contributed by atoms with Crippen LogP contribution >= 0.6 is 0 Å². The zero-order valence-corrected chi connectivity index (χ0v) is 12.6.